The summed E-state index contributed by atoms with van der Waals surface area (Å²) in [6.45, 7) is 4.24. The van der Waals surface area contributed by atoms with Crippen LogP contribution in [0.3, 0.4) is 0 Å². The van der Waals surface area contributed by atoms with Crippen LogP contribution in [0.5, 0.6) is 0 Å². The maximum Gasteiger partial charge on any atom is 0.192 e. The third-order valence-electron chi connectivity index (χ3n) is 2.59. The number of benzene rings is 1. The van der Waals surface area contributed by atoms with Gasteiger partial charge in [0.15, 0.2) is 11.5 Å². The summed E-state index contributed by atoms with van der Waals surface area (Å²) in [7, 11) is 1.92. The highest BCUT2D eigenvalue weighted by Crippen LogP contribution is 2.17. The highest BCUT2D eigenvalue weighted by molar-refractivity contribution is 5.73. The summed E-state index contributed by atoms with van der Waals surface area (Å²) in [5.74, 6) is 0.711. The van der Waals surface area contributed by atoms with Crippen LogP contribution in [-0.4, -0.2) is 31.8 Å². The largest absolute Gasteiger partial charge is 0.441 e. The van der Waals surface area contributed by atoms with Gasteiger partial charge in [-0.25, -0.2) is 4.98 Å². The molecule has 92 valence electrons. The smallest absolute Gasteiger partial charge is 0.192 e. The number of nitrogens with zero attached hydrogens (tertiary/aromatic N) is 1. The Labute approximate surface area is 101 Å². The van der Waals surface area contributed by atoms with E-state index in [2.05, 4.69) is 16.4 Å². The van der Waals surface area contributed by atoms with E-state index in [4.69, 9.17) is 9.15 Å². The van der Waals surface area contributed by atoms with Gasteiger partial charge in [0.2, 0.25) is 0 Å². The van der Waals surface area contributed by atoms with Crippen molar-refractivity contribution in [3.8, 4) is 0 Å². The van der Waals surface area contributed by atoms with Gasteiger partial charge in [-0.2, -0.15) is 0 Å². The average Bonchev–Trinajstić information content (AvgIpc) is 2.68. The number of likely N-dealkylation sites (N-methyl/N-ethyl adjacent to an activating group) is 1. The SMILES string of the molecule is CNCCOCCc1ccc2nc(C)oc2c1. The van der Waals surface area contributed by atoms with Gasteiger partial charge in [0, 0.05) is 13.5 Å². The van der Waals surface area contributed by atoms with E-state index in [1.807, 2.05) is 26.1 Å². The highest BCUT2D eigenvalue weighted by atomic mass is 16.5. The Hall–Kier alpha value is -1.39. The predicted molar refractivity (Wildman–Crippen MR) is 67.2 cm³/mol. The molecule has 0 atom stereocenters. The van der Waals surface area contributed by atoms with Gasteiger partial charge in [-0.15, -0.1) is 0 Å². The molecule has 0 amide bonds. The van der Waals surface area contributed by atoms with Gasteiger partial charge >= 0.3 is 0 Å². The van der Waals surface area contributed by atoms with Crippen LogP contribution in [0.25, 0.3) is 11.1 Å². The van der Waals surface area contributed by atoms with Gasteiger partial charge in [0.1, 0.15) is 5.52 Å². The first-order chi connectivity index (χ1) is 8.29. The molecule has 1 heterocycles. The quantitative estimate of drug-likeness (QED) is 0.776. The van der Waals surface area contributed by atoms with Crippen molar-refractivity contribution >= 4 is 11.1 Å². The Balaban J connectivity index is 1.90. The van der Waals surface area contributed by atoms with E-state index in [9.17, 15) is 0 Å². The Bertz CT molecular complexity index is 479. The van der Waals surface area contributed by atoms with Crippen molar-refractivity contribution in [3.63, 3.8) is 0 Å². The molecule has 0 spiro atoms. The number of aromatic nitrogens is 1. The molecule has 4 heteroatoms. The van der Waals surface area contributed by atoms with Crippen molar-refractivity contribution < 1.29 is 9.15 Å². The molecule has 1 N–H and O–H groups in total. The zero-order valence-electron chi connectivity index (χ0n) is 10.3. The Kier molecular flexibility index (Phi) is 4.12. The Morgan fingerprint density at radius 2 is 2.24 bits per heavy atom. The lowest BCUT2D eigenvalue weighted by atomic mass is 10.1. The van der Waals surface area contributed by atoms with E-state index >= 15 is 0 Å². The Morgan fingerprint density at radius 3 is 3.06 bits per heavy atom. The second kappa shape index (κ2) is 5.80. The maximum atomic E-state index is 5.49. The molecule has 0 aliphatic carbocycles. The van der Waals surface area contributed by atoms with Crippen molar-refractivity contribution in [2.75, 3.05) is 26.8 Å². The molecular formula is C13H18N2O2. The van der Waals surface area contributed by atoms with Crippen LogP contribution >= 0.6 is 0 Å². The van der Waals surface area contributed by atoms with Crippen LogP contribution in [0.15, 0.2) is 22.6 Å². The van der Waals surface area contributed by atoms with Crippen molar-refractivity contribution in [3.05, 3.63) is 29.7 Å². The van der Waals surface area contributed by atoms with Gasteiger partial charge in [-0.3, -0.25) is 0 Å². The molecule has 2 aromatic rings. The fourth-order valence-corrected chi connectivity index (χ4v) is 1.71. The van der Waals surface area contributed by atoms with E-state index in [1.54, 1.807) is 0 Å². The number of aryl methyl sites for hydroxylation is 1. The van der Waals surface area contributed by atoms with Crippen LogP contribution in [-0.2, 0) is 11.2 Å². The third kappa shape index (κ3) is 3.28. The first-order valence-electron chi connectivity index (χ1n) is 5.88. The lowest BCUT2D eigenvalue weighted by Gasteiger charge is -2.03. The summed E-state index contributed by atoms with van der Waals surface area (Å²) >= 11 is 0. The summed E-state index contributed by atoms with van der Waals surface area (Å²) in [6, 6.07) is 6.11. The molecular weight excluding hydrogens is 216 g/mol. The van der Waals surface area contributed by atoms with E-state index in [1.165, 1.54) is 5.56 Å². The summed E-state index contributed by atoms with van der Waals surface area (Å²) in [4.78, 5) is 4.27. The zero-order valence-corrected chi connectivity index (χ0v) is 10.3. The fourth-order valence-electron chi connectivity index (χ4n) is 1.71. The minimum absolute atomic E-state index is 0.711. The molecule has 0 bridgehead atoms. The second-order valence-corrected chi connectivity index (χ2v) is 4.00. The first kappa shape index (κ1) is 12.1. The molecule has 1 aromatic heterocycles. The number of fused-ring (bicyclic) bond motifs is 1. The van der Waals surface area contributed by atoms with Crippen LogP contribution in [0.1, 0.15) is 11.5 Å². The van der Waals surface area contributed by atoms with Gasteiger partial charge in [0.25, 0.3) is 0 Å². The van der Waals surface area contributed by atoms with Crippen LogP contribution in [0, 0.1) is 6.92 Å². The van der Waals surface area contributed by atoms with Gasteiger partial charge in [0.05, 0.1) is 13.2 Å². The van der Waals surface area contributed by atoms with Crippen LogP contribution < -0.4 is 5.32 Å². The molecule has 1 aromatic carbocycles. The number of rotatable bonds is 6. The molecule has 0 unspecified atom stereocenters. The number of hydrogen-bond acceptors (Lipinski definition) is 4. The fraction of sp³-hybridized carbons (Fsp3) is 0.462. The van der Waals surface area contributed by atoms with Crippen molar-refractivity contribution in [1.29, 1.82) is 0 Å². The molecule has 0 fully saturated rings. The second-order valence-electron chi connectivity index (χ2n) is 4.00. The van der Waals surface area contributed by atoms with Crippen molar-refractivity contribution in [1.82, 2.24) is 10.3 Å². The molecule has 0 aliphatic rings. The summed E-state index contributed by atoms with van der Waals surface area (Å²) < 4.78 is 11.0. The van der Waals surface area contributed by atoms with E-state index in [0.29, 0.717) is 5.89 Å². The maximum absolute atomic E-state index is 5.49. The zero-order chi connectivity index (χ0) is 12.1. The molecule has 17 heavy (non-hydrogen) atoms. The van der Waals surface area contributed by atoms with Crippen molar-refractivity contribution in [2.24, 2.45) is 0 Å². The topological polar surface area (TPSA) is 47.3 Å². The number of ether oxygens (including phenoxy) is 1. The highest BCUT2D eigenvalue weighted by Gasteiger charge is 2.02. The molecule has 2 rings (SSSR count). The summed E-state index contributed by atoms with van der Waals surface area (Å²) in [5, 5.41) is 3.05. The average molecular weight is 234 g/mol. The lowest BCUT2D eigenvalue weighted by molar-refractivity contribution is 0.140. The molecule has 0 saturated carbocycles. The standard InChI is InChI=1S/C13H18N2O2/c1-10-15-12-4-3-11(9-13(12)17-10)5-7-16-8-6-14-2/h3-4,9,14H,5-8H2,1-2H3. The monoisotopic (exact) mass is 234 g/mol. The van der Waals surface area contributed by atoms with Gasteiger partial charge in [-0.05, 0) is 31.2 Å². The minimum atomic E-state index is 0.711. The first-order valence-corrected chi connectivity index (χ1v) is 5.88. The molecule has 4 nitrogen and oxygen atoms in total. The van der Waals surface area contributed by atoms with E-state index in [-0.39, 0.29) is 0 Å². The van der Waals surface area contributed by atoms with E-state index < -0.39 is 0 Å². The minimum Gasteiger partial charge on any atom is -0.441 e. The summed E-state index contributed by atoms with van der Waals surface area (Å²) in [5.41, 5.74) is 3.00. The lowest BCUT2D eigenvalue weighted by Crippen LogP contribution is -2.15. The predicted octanol–water partition coefficient (Wildman–Crippen LogP) is 1.91. The summed E-state index contributed by atoms with van der Waals surface area (Å²) in [6.07, 6.45) is 0.902. The van der Waals surface area contributed by atoms with Crippen LogP contribution in [0.4, 0.5) is 0 Å². The third-order valence-corrected chi connectivity index (χ3v) is 2.59. The van der Waals surface area contributed by atoms with Gasteiger partial charge < -0.3 is 14.5 Å². The number of nitrogens with one attached hydrogen (secondary N) is 1. The normalized spacial score (nSPS) is 11.2. The molecule has 0 saturated heterocycles. The van der Waals surface area contributed by atoms with Gasteiger partial charge in [-0.1, -0.05) is 6.07 Å². The Morgan fingerprint density at radius 1 is 1.35 bits per heavy atom. The molecule has 0 aliphatic heterocycles. The molecule has 0 radical (unpaired) electrons. The number of hydrogen-bond donors (Lipinski definition) is 1. The van der Waals surface area contributed by atoms with E-state index in [0.717, 1.165) is 37.3 Å². The van der Waals surface area contributed by atoms with Crippen molar-refractivity contribution in [2.45, 2.75) is 13.3 Å². The van der Waals surface area contributed by atoms with Crippen LogP contribution in [0.2, 0.25) is 0 Å². The number of oxazole rings is 1.